The number of amidine groups is 2. The van der Waals surface area contributed by atoms with Crippen LogP contribution in [0.3, 0.4) is 0 Å². The second-order valence-corrected chi connectivity index (χ2v) is 2.17. The van der Waals surface area contributed by atoms with Gasteiger partial charge in [-0.05, 0) is 6.42 Å². The minimum Gasteiger partial charge on any atom is -0.387 e. The van der Waals surface area contributed by atoms with Gasteiger partial charge in [0.05, 0.1) is 0 Å². The summed E-state index contributed by atoms with van der Waals surface area (Å²) in [5.74, 6) is 0.0528. The molecule has 0 unspecified atom stereocenters. The molecule has 11 heavy (non-hydrogen) atoms. The summed E-state index contributed by atoms with van der Waals surface area (Å²) in [6.45, 7) is 2.04. The molecule has 0 rings (SSSR count). The lowest BCUT2D eigenvalue weighted by Gasteiger charge is -1.95. The molecule has 0 aliphatic carbocycles. The van der Waals surface area contributed by atoms with Crippen LogP contribution in [0.4, 0.5) is 0 Å². The van der Waals surface area contributed by atoms with Gasteiger partial charge in [0, 0.05) is 6.42 Å². The first-order valence-electron chi connectivity index (χ1n) is 3.52. The van der Waals surface area contributed by atoms with Crippen LogP contribution in [0, 0.1) is 16.7 Å². The van der Waals surface area contributed by atoms with E-state index in [4.69, 9.17) is 16.4 Å². The van der Waals surface area contributed by atoms with Crippen molar-refractivity contribution in [3.05, 3.63) is 0 Å². The molecule has 0 fully saturated rings. The van der Waals surface area contributed by atoms with Gasteiger partial charge in [0.1, 0.15) is 11.9 Å². The Morgan fingerprint density at radius 3 is 2.82 bits per heavy atom. The Morgan fingerprint density at radius 2 is 2.36 bits per heavy atom. The predicted octanol–water partition coefficient (Wildman–Crippen LogP) is 1.03. The number of nitrogens with zero attached hydrogens (tertiary/aromatic N) is 2. The van der Waals surface area contributed by atoms with Gasteiger partial charge < -0.3 is 5.73 Å². The largest absolute Gasteiger partial charge is 0.387 e. The van der Waals surface area contributed by atoms with E-state index in [1.165, 1.54) is 0 Å². The van der Waals surface area contributed by atoms with Gasteiger partial charge in [0.25, 0.3) is 0 Å². The number of nitrogens with two attached hydrogens (primary N) is 1. The third-order valence-electron chi connectivity index (χ3n) is 1.15. The maximum absolute atomic E-state index is 8.17. The van der Waals surface area contributed by atoms with Crippen LogP contribution in [0.15, 0.2) is 4.99 Å². The van der Waals surface area contributed by atoms with Crippen LogP contribution < -0.4 is 5.73 Å². The molecule has 4 nitrogen and oxygen atoms in total. The summed E-state index contributed by atoms with van der Waals surface area (Å²) in [5, 5.41) is 15.0. The average Bonchev–Trinajstić information content (AvgIpc) is 2.00. The van der Waals surface area contributed by atoms with E-state index in [-0.39, 0.29) is 5.84 Å². The van der Waals surface area contributed by atoms with Gasteiger partial charge in [-0.15, -0.1) is 0 Å². The topological polar surface area (TPSA) is 86.0 Å². The highest BCUT2D eigenvalue weighted by Gasteiger charge is 1.93. The van der Waals surface area contributed by atoms with E-state index in [1.807, 2.05) is 6.92 Å². The average molecular weight is 152 g/mol. The molecule has 0 bridgehead atoms. The highest BCUT2D eigenvalue weighted by atomic mass is 14.9. The summed E-state index contributed by atoms with van der Waals surface area (Å²) in [6.07, 6.45) is 2.66. The molecule has 60 valence electrons. The molecular formula is C7H12N4. The van der Waals surface area contributed by atoms with Crippen LogP contribution in [0.5, 0.6) is 0 Å². The van der Waals surface area contributed by atoms with Crippen molar-refractivity contribution in [1.29, 1.82) is 10.7 Å². The number of hydrogen-bond donors (Lipinski definition) is 2. The van der Waals surface area contributed by atoms with Crippen LogP contribution in [0.25, 0.3) is 0 Å². The number of aliphatic imine (C=N–C) groups is 1. The highest BCUT2D eigenvalue weighted by molar-refractivity contribution is 6.02. The van der Waals surface area contributed by atoms with E-state index in [0.717, 1.165) is 12.8 Å². The first-order chi connectivity index (χ1) is 5.20. The molecule has 0 amide bonds. The molecule has 0 saturated carbocycles. The molecule has 0 aliphatic heterocycles. The Kier molecular flexibility index (Phi) is 4.74. The number of unbranched alkanes of at least 4 members (excludes halogenated alkanes) is 1. The molecule has 0 atom stereocenters. The maximum atomic E-state index is 8.17. The van der Waals surface area contributed by atoms with Crippen molar-refractivity contribution >= 4 is 11.7 Å². The van der Waals surface area contributed by atoms with Crippen LogP contribution >= 0.6 is 0 Å². The van der Waals surface area contributed by atoms with Crippen molar-refractivity contribution in [2.24, 2.45) is 10.7 Å². The Balaban J connectivity index is 3.82. The van der Waals surface area contributed by atoms with Crippen molar-refractivity contribution in [3.63, 3.8) is 0 Å². The summed E-state index contributed by atoms with van der Waals surface area (Å²) < 4.78 is 0. The molecule has 0 radical (unpaired) electrons. The molecule has 0 aromatic heterocycles. The zero-order valence-electron chi connectivity index (χ0n) is 6.59. The third kappa shape index (κ3) is 5.09. The molecule has 0 saturated heterocycles. The van der Waals surface area contributed by atoms with E-state index in [0.29, 0.717) is 12.3 Å². The fraction of sp³-hybridized carbons (Fsp3) is 0.571. The Labute approximate surface area is 66.2 Å². The van der Waals surface area contributed by atoms with Crippen molar-refractivity contribution in [1.82, 2.24) is 0 Å². The van der Waals surface area contributed by atoms with Gasteiger partial charge in [-0.25, -0.2) is 4.99 Å². The van der Waals surface area contributed by atoms with E-state index in [1.54, 1.807) is 6.07 Å². The zero-order chi connectivity index (χ0) is 8.69. The SMILES string of the molecule is CCCCC(N)=NC(=N)C#N. The Bertz CT molecular complexity index is 199. The van der Waals surface area contributed by atoms with Crippen LogP contribution in [-0.2, 0) is 0 Å². The van der Waals surface area contributed by atoms with Crippen LogP contribution in [0.1, 0.15) is 26.2 Å². The Hall–Kier alpha value is -1.37. The zero-order valence-corrected chi connectivity index (χ0v) is 6.59. The summed E-state index contributed by atoms with van der Waals surface area (Å²) in [6, 6.07) is 1.59. The Morgan fingerprint density at radius 1 is 1.73 bits per heavy atom. The lowest BCUT2D eigenvalue weighted by Crippen LogP contribution is -2.13. The molecule has 0 aromatic rings. The van der Waals surface area contributed by atoms with Gasteiger partial charge in [-0.1, -0.05) is 13.3 Å². The smallest absolute Gasteiger partial charge is 0.226 e. The fourth-order valence-electron chi connectivity index (χ4n) is 0.582. The summed E-state index contributed by atoms with van der Waals surface area (Å²) >= 11 is 0. The maximum Gasteiger partial charge on any atom is 0.226 e. The van der Waals surface area contributed by atoms with Gasteiger partial charge in [-0.3, -0.25) is 5.41 Å². The molecule has 0 spiro atoms. The molecule has 0 heterocycles. The van der Waals surface area contributed by atoms with E-state index >= 15 is 0 Å². The van der Waals surface area contributed by atoms with Gasteiger partial charge in [0.15, 0.2) is 0 Å². The summed E-state index contributed by atoms with van der Waals surface area (Å²) in [7, 11) is 0. The molecule has 4 heteroatoms. The van der Waals surface area contributed by atoms with E-state index < -0.39 is 0 Å². The monoisotopic (exact) mass is 152 g/mol. The van der Waals surface area contributed by atoms with Crippen LogP contribution in [0.2, 0.25) is 0 Å². The number of hydrogen-bond acceptors (Lipinski definition) is 2. The normalized spacial score (nSPS) is 10.7. The quantitative estimate of drug-likeness (QED) is 0.467. The van der Waals surface area contributed by atoms with E-state index in [2.05, 4.69) is 4.99 Å². The van der Waals surface area contributed by atoms with Gasteiger partial charge in [-0.2, -0.15) is 5.26 Å². The second kappa shape index (κ2) is 5.42. The highest BCUT2D eigenvalue weighted by Crippen LogP contribution is 1.93. The lowest BCUT2D eigenvalue weighted by atomic mass is 10.2. The van der Waals surface area contributed by atoms with Gasteiger partial charge in [0.2, 0.25) is 5.84 Å². The van der Waals surface area contributed by atoms with E-state index in [9.17, 15) is 0 Å². The number of nitrogens with one attached hydrogen (secondary N) is 1. The predicted molar refractivity (Wildman–Crippen MR) is 44.5 cm³/mol. The first kappa shape index (κ1) is 9.63. The van der Waals surface area contributed by atoms with Gasteiger partial charge >= 0.3 is 0 Å². The van der Waals surface area contributed by atoms with Crippen LogP contribution in [-0.4, -0.2) is 11.7 Å². The third-order valence-corrected chi connectivity index (χ3v) is 1.15. The van der Waals surface area contributed by atoms with Crippen molar-refractivity contribution in [3.8, 4) is 6.07 Å². The fourth-order valence-corrected chi connectivity index (χ4v) is 0.582. The lowest BCUT2D eigenvalue weighted by molar-refractivity contribution is 0.831. The number of nitriles is 1. The van der Waals surface area contributed by atoms with Crippen molar-refractivity contribution in [2.75, 3.05) is 0 Å². The molecule has 0 aromatic carbocycles. The minimum absolute atomic E-state index is 0.321. The molecule has 0 aliphatic rings. The minimum atomic E-state index is -0.321. The molecular weight excluding hydrogens is 140 g/mol. The first-order valence-corrected chi connectivity index (χ1v) is 3.52. The molecule has 3 N–H and O–H groups in total. The van der Waals surface area contributed by atoms with Crippen molar-refractivity contribution < 1.29 is 0 Å². The second-order valence-electron chi connectivity index (χ2n) is 2.17. The standard InChI is InChI=1S/C7H12N4/c1-2-3-4-6(9)11-7(10)5-8/h2-4H2,1H3,(H3,9,10,11). The van der Waals surface area contributed by atoms with Crippen molar-refractivity contribution in [2.45, 2.75) is 26.2 Å². The number of rotatable bonds is 3. The summed E-state index contributed by atoms with van der Waals surface area (Å²) in [4.78, 5) is 3.55. The summed E-state index contributed by atoms with van der Waals surface area (Å²) in [5.41, 5.74) is 5.39.